The van der Waals surface area contributed by atoms with Crippen LogP contribution < -0.4 is 5.32 Å². The topological polar surface area (TPSA) is 70.3 Å². The number of hydrogen-bond acceptors (Lipinski definition) is 4. The Balaban J connectivity index is 1.37. The third-order valence-corrected chi connectivity index (χ3v) is 4.45. The van der Waals surface area contributed by atoms with Crippen LogP contribution in [0.4, 0.5) is 0 Å². The van der Waals surface area contributed by atoms with Gasteiger partial charge in [0.2, 0.25) is 0 Å². The Morgan fingerprint density at radius 1 is 1.11 bits per heavy atom. The van der Waals surface area contributed by atoms with E-state index in [9.17, 15) is 4.79 Å². The van der Waals surface area contributed by atoms with Crippen molar-refractivity contribution in [2.45, 2.75) is 6.61 Å². The number of aliphatic imine (C=N–C) groups is 1. The highest BCUT2D eigenvalue weighted by molar-refractivity contribution is 5.91. The Kier molecular flexibility index (Phi) is 6.87. The molecule has 0 spiro atoms. The minimum absolute atomic E-state index is 0.0584. The number of ether oxygens (including phenoxy) is 1. The second-order valence-electron chi connectivity index (χ2n) is 6.27. The lowest BCUT2D eigenvalue weighted by Crippen LogP contribution is -2.54. The van der Waals surface area contributed by atoms with Crippen LogP contribution in [-0.2, 0) is 11.3 Å². The SMILES string of the molecule is CN=C(NCCOCc1ccccc1)N1CCN(C(=O)c2ccco2)CC1. The van der Waals surface area contributed by atoms with Crippen LogP contribution in [0.25, 0.3) is 0 Å². The molecule has 0 unspecified atom stereocenters. The molecular formula is C20H26N4O3. The summed E-state index contributed by atoms with van der Waals surface area (Å²) in [6.45, 7) is 4.65. The molecule has 1 N–H and O–H groups in total. The molecule has 7 heteroatoms. The van der Waals surface area contributed by atoms with E-state index < -0.39 is 0 Å². The first-order valence-corrected chi connectivity index (χ1v) is 9.18. The molecule has 3 rings (SSSR count). The largest absolute Gasteiger partial charge is 0.459 e. The average molecular weight is 370 g/mol. The molecule has 1 aromatic heterocycles. The van der Waals surface area contributed by atoms with E-state index >= 15 is 0 Å². The van der Waals surface area contributed by atoms with E-state index in [2.05, 4.69) is 27.3 Å². The van der Waals surface area contributed by atoms with E-state index in [1.807, 2.05) is 23.1 Å². The van der Waals surface area contributed by atoms with E-state index in [0.29, 0.717) is 38.6 Å². The second kappa shape index (κ2) is 9.78. The first kappa shape index (κ1) is 19.0. The third-order valence-electron chi connectivity index (χ3n) is 4.45. The van der Waals surface area contributed by atoms with Crippen LogP contribution in [0.3, 0.4) is 0 Å². The maximum Gasteiger partial charge on any atom is 0.289 e. The van der Waals surface area contributed by atoms with Gasteiger partial charge in [-0.3, -0.25) is 9.79 Å². The van der Waals surface area contributed by atoms with E-state index in [4.69, 9.17) is 9.15 Å². The first-order chi connectivity index (χ1) is 13.3. The number of amides is 1. The Labute approximate surface area is 159 Å². The van der Waals surface area contributed by atoms with Gasteiger partial charge in [0.05, 0.1) is 19.5 Å². The number of benzene rings is 1. The van der Waals surface area contributed by atoms with Crippen LogP contribution in [0, 0.1) is 0 Å². The van der Waals surface area contributed by atoms with Crippen LogP contribution in [0.15, 0.2) is 58.1 Å². The number of nitrogens with zero attached hydrogens (tertiary/aromatic N) is 3. The van der Waals surface area contributed by atoms with Crippen LogP contribution in [-0.4, -0.2) is 68.0 Å². The number of furan rings is 1. The number of piperazine rings is 1. The minimum atomic E-state index is -0.0584. The predicted molar refractivity (Wildman–Crippen MR) is 104 cm³/mol. The van der Waals surface area contributed by atoms with Gasteiger partial charge in [-0.25, -0.2) is 0 Å². The van der Waals surface area contributed by atoms with Crippen molar-refractivity contribution in [2.75, 3.05) is 46.4 Å². The van der Waals surface area contributed by atoms with Gasteiger partial charge in [-0.2, -0.15) is 0 Å². The highest BCUT2D eigenvalue weighted by Gasteiger charge is 2.24. The van der Waals surface area contributed by atoms with Crippen molar-refractivity contribution < 1.29 is 13.9 Å². The van der Waals surface area contributed by atoms with E-state index in [0.717, 1.165) is 19.0 Å². The molecule has 144 valence electrons. The van der Waals surface area contributed by atoms with Crippen molar-refractivity contribution in [1.82, 2.24) is 15.1 Å². The normalized spacial score (nSPS) is 15.1. The molecule has 1 fully saturated rings. The first-order valence-electron chi connectivity index (χ1n) is 9.18. The molecule has 1 saturated heterocycles. The van der Waals surface area contributed by atoms with Crippen molar-refractivity contribution in [3.05, 3.63) is 60.1 Å². The highest BCUT2D eigenvalue weighted by atomic mass is 16.5. The average Bonchev–Trinajstić information content (AvgIpc) is 3.26. The lowest BCUT2D eigenvalue weighted by molar-refractivity contribution is 0.0657. The predicted octanol–water partition coefficient (Wildman–Crippen LogP) is 1.83. The molecule has 2 heterocycles. The molecule has 0 atom stereocenters. The Morgan fingerprint density at radius 3 is 2.52 bits per heavy atom. The van der Waals surface area contributed by atoms with Crippen molar-refractivity contribution in [1.29, 1.82) is 0 Å². The maximum absolute atomic E-state index is 12.3. The van der Waals surface area contributed by atoms with Crippen LogP contribution in [0.5, 0.6) is 0 Å². The molecule has 1 amide bonds. The summed E-state index contributed by atoms with van der Waals surface area (Å²) in [6.07, 6.45) is 1.52. The van der Waals surface area contributed by atoms with Gasteiger partial charge in [-0.1, -0.05) is 30.3 Å². The zero-order valence-electron chi connectivity index (χ0n) is 15.6. The number of carbonyl (C=O) groups is 1. The molecule has 1 aliphatic heterocycles. The standard InChI is InChI=1S/C20H26N4O3/c1-21-20(22-9-15-26-16-17-6-3-2-4-7-17)24-12-10-23(11-13-24)19(25)18-8-5-14-27-18/h2-8,14H,9-13,15-16H2,1H3,(H,21,22). The number of hydrogen-bond donors (Lipinski definition) is 1. The fraction of sp³-hybridized carbons (Fsp3) is 0.400. The van der Waals surface area contributed by atoms with Gasteiger partial charge in [-0.05, 0) is 17.7 Å². The number of rotatable bonds is 6. The summed E-state index contributed by atoms with van der Waals surface area (Å²) < 4.78 is 10.9. The monoisotopic (exact) mass is 370 g/mol. The van der Waals surface area contributed by atoms with Gasteiger partial charge in [0, 0.05) is 39.8 Å². The number of carbonyl (C=O) groups excluding carboxylic acids is 1. The molecule has 7 nitrogen and oxygen atoms in total. The lowest BCUT2D eigenvalue weighted by atomic mass is 10.2. The van der Waals surface area contributed by atoms with Crippen LogP contribution in [0.2, 0.25) is 0 Å². The van der Waals surface area contributed by atoms with Gasteiger partial charge < -0.3 is 24.3 Å². The quantitative estimate of drug-likeness (QED) is 0.477. The Hall–Kier alpha value is -2.80. The summed E-state index contributed by atoms with van der Waals surface area (Å²) in [4.78, 5) is 20.6. The summed E-state index contributed by atoms with van der Waals surface area (Å²) in [7, 11) is 1.77. The van der Waals surface area contributed by atoms with Gasteiger partial charge in [0.1, 0.15) is 0 Å². The van der Waals surface area contributed by atoms with Gasteiger partial charge >= 0.3 is 0 Å². The number of guanidine groups is 1. The minimum Gasteiger partial charge on any atom is -0.459 e. The molecule has 27 heavy (non-hydrogen) atoms. The summed E-state index contributed by atoms with van der Waals surface area (Å²) in [6, 6.07) is 13.5. The summed E-state index contributed by atoms with van der Waals surface area (Å²) in [5.74, 6) is 1.17. The maximum atomic E-state index is 12.3. The van der Waals surface area contributed by atoms with E-state index in [-0.39, 0.29) is 5.91 Å². The number of nitrogens with one attached hydrogen (secondary N) is 1. The van der Waals surface area contributed by atoms with Crippen molar-refractivity contribution in [2.24, 2.45) is 4.99 Å². The van der Waals surface area contributed by atoms with E-state index in [1.165, 1.54) is 11.8 Å². The second-order valence-corrected chi connectivity index (χ2v) is 6.27. The van der Waals surface area contributed by atoms with Crippen LogP contribution >= 0.6 is 0 Å². The molecule has 0 saturated carbocycles. The van der Waals surface area contributed by atoms with Gasteiger partial charge in [0.15, 0.2) is 11.7 Å². The lowest BCUT2D eigenvalue weighted by Gasteiger charge is -2.36. The van der Waals surface area contributed by atoms with Crippen molar-refractivity contribution >= 4 is 11.9 Å². The molecule has 2 aromatic rings. The zero-order valence-corrected chi connectivity index (χ0v) is 15.6. The third kappa shape index (κ3) is 5.34. The fourth-order valence-corrected chi connectivity index (χ4v) is 3.01. The summed E-state index contributed by atoms with van der Waals surface area (Å²) in [5, 5.41) is 3.33. The smallest absolute Gasteiger partial charge is 0.289 e. The van der Waals surface area contributed by atoms with Crippen molar-refractivity contribution in [3.63, 3.8) is 0 Å². The molecule has 1 aliphatic rings. The van der Waals surface area contributed by atoms with Gasteiger partial charge in [0.25, 0.3) is 5.91 Å². The summed E-state index contributed by atoms with van der Waals surface area (Å²) >= 11 is 0. The fourth-order valence-electron chi connectivity index (χ4n) is 3.01. The highest BCUT2D eigenvalue weighted by Crippen LogP contribution is 2.09. The molecule has 0 radical (unpaired) electrons. The Morgan fingerprint density at radius 2 is 1.85 bits per heavy atom. The molecular weight excluding hydrogens is 344 g/mol. The van der Waals surface area contributed by atoms with E-state index in [1.54, 1.807) is 19.2 Å². The molecule has 0 aliphatic carbocycles. The van der Waals surface area contributed by atoms with Crippen molar-refractivity contribution in [3.8, 4) is 0 Å². The molecule has 0 bridgehead atoms. The summed E-state index contributed by atoms with van der Waals surface area (Å²) in [5.41, 5.74) is 1.17. The Bertz CT molecular complexity index is 723. The zero-order chi connectivity index (χ0) is 18.9. The van der Waals surface area contributed by atoms with Gasteiger partial charge in [-0.15, -0.1) is 0 Å². The molecule has 1 aromatic carbocycles. The van der Waals surface area contributed by atoms with Crippen LogP contribution in [0.1, 0.15) is 16.1 Å².